The van der Waals surface area contributed by atoms with Gasteiger partial charge in [-0.15, -0.1) is 0 Å². The molecule has 0 bridgehead atoms. The van der Waals surface area contributed by atoms with Crippen molar-refractivity contribution >= 4 is 22.7 Å². The highest BCUT2D eigenvalue weighted by atomic mass is 32.2. The second-order valence-electron chi connectivity index (χ2n) is 3.73. The summed E-state index contributed by atoms with van der Waals surface area (Å²) in [6, 6.07) is 3.19. The maximum absolute atomic E-state index is 10.8. The first kappa shape index (κ1) is 14.0. The topological polar surface area (TPSA) is 96.4 Å². The van der Waals surface area contributed by atoms with Crippen molar-refractivity contribution in [2.75, 3.05) is 11.5 Å². The normalized spacial score (nSPS) is 14.4. The molecule has 2 atom stereocenters. The zero-order chi connectivity index (χ0) is 13.0. The molecule has 0 aliphatic carbocycles. The molecule has 1 heterocycles. The fourth-order valence-corrected chi connectivity index (χ4v) is 1.99. The van der Waals surface area contributed by atoms with E-state index in [9.17, 15) is 15.0 Å². The number of carbonyl (C=O) groups excluding carboxylic acids is 1. The molecule has 94 valence electrons. The Labute approximate surface area is 104 Å². The van der Waals surface area contributed by atoms with E-state index in [1.807, 2.05) is 0 Å². The summed E-state index contributed by atoms with van der Waals surface area (Å²) in [4.78, 5) is 14.8. The van der Waals surface area contributed by atoms with Crippen molar-refractivity contribution in [1.82, 2.24) is 4.98 Å². The fraction of sp³-hybridized carbons (Fsp3) is 0.455. The van der Waals surface area contributed by atoms with E-state index < -0.39 is 12.2 Å². The van der Waals surface area contributed by atoms with Gasteiger partial charge in [0.2, 0.25) is 0 Å². The number of nitrogens with two attached hydrogens (primary N) is 1. The smallest absolute Gasteiger partial charge is 0.185 e. The molecule has 1 rings (SSSR count). The third kappa shape index (κ3) is 3.99. The Morgan fingerprint density at radius 1 is 1.53 bits per heavy atom. The molecule has 17 heavy (non-hydrogen) atoms. The molecular weight excluding hydrogens is 240 g/mol. The first-order valence-electron chi connectivity index (χ1n) is 5.14. The lowest BCUT2D eigenvalue weighted by Crippen LogP contribution is -2.22. The van der Waals surface area contributed by atoms with E-state index in [0.717, 1.165) is 11.8 Å². The number of pyridine rings is 1. The average Bonchev–Trinajstić information content (AvgIpc) is 2.25. The zero-order valence-corrected chi connectivity index (χ0v) is 10.6. The molecule has 0 fully saturated rings. The SMILES string of the molecule is CC(=O)SCC(O)C(O)c1ccc(N)nc1C. The summed E-state index contributed by atoms with van der Waals surface area (Å²) in [7, 11) is 0. The summed E-state index contributed by atoms with van der Waals surface area (Å²) >= 11 is 0.977. The van der Waals surface area contributed by atoms with Gasteiger partial charge in [0.15, 0.2) is 5.12 Å². The van der Waals surface area contributed by atoms with Gasteiger partial charge in [0.05, 0.1) is 6.10 Å². The lowest BCUT2D eigenvalue weighted by atomic mass is 10.0. The van der Waals surface area contributed by atoms with Crippen LogP contribution in [0.15, 0.2) is 12.1 Å². The van der Waals surface area contributed by atoms with Crippen LogP contribution in [0.5, 0.6) is 0 Å². The van der Waals surface area contributed by atoms with Crippen molar-refractivity contribution in [2.45, 2.75) is 26.1 Å². The van der Waals surface area contributed by atoms with Gasteiger partial charge in [0.1, 0.15) is 11.9 Å². The summed E-state index contributed by atoms with van der Waals surface area (Å²) < 4.78 is 0. The second kappa shape index (κ2) is 6.00. The summed E-state index contributed by atoms with van der Waals surface area (Å²) in [6.45, 7) is 3.12. The minimum Gasteiger partial charge on any atom is -0.389 e. The van der Waals surface area contributed by atoms with Crippen LogP contribution in [-0.2, 0) is 4.79 Å². The molecule has 0 aliphatic rings. The Balaban J connectivity index is 2.74. The molecule has 0 amide bonds. The molecule has 0 radical (unpaired) electrons. The molecular formula is C11H16N2O3S. The van der Waals surface area contributed by atoms with Gasteiger partial charge in [0, 0.05) is 23.9 Å². The van der Waals surface area contributed by atoms with E-state index in [0.29, 0.717) is 17.1 Å². The number of hydrogen-bond acceptors (Lipinski definition) is 6. The van der Waals surface area contributed by atoms with Crippen molar-refractivity contribution < 1.29 is 15.0 Å². The summed E-state index contributed by atoms with van der Waals surface area (Å²) in [6.07, 6.45) is -2.07. The predicted octanol–water partition coefficient (Wildman–Crippen LogP) is 0.646. The molecule has 1 aromatic rings. The van der Waals surface area contributed by atoms with Crippen LogP contribution in [-0.4, -0.2) is 32.2 Å². The van der Waals surface area contributed by atoms with Gasteiger partial charge in [-0.25, -0.2) is 4.98 Å². The number of carbonyl (C=O) groups is 1. The van der Waals surface area contributed by atoms with Gasteiger partial charge in [-0.05, 0) is 13.0 Å². The maximum Gasteiger partial charge on any atom is 0.185 e. The van der Waals surface area contributed by atoms with Gasteiger partial charge in [0.25, 0.3) is 0 Å². The molecule has 6 heteroatoms. The third-order valence-corrected chi connectivity index (χ3v) is 3.20. The molecule has 0 saturated heterocycles. The van der Waals surface area contributed by atoms with E-state index in [2.05, 4.69) is 4.98 Å². The highest BCUT2D eigenvalue weighted by molar-refractivity contribution is 8.13. The van der Waals surface area contributed by atoms with E-state index >= 15 is 0 Å². The number of aromatic nitrogens is 1. The molecule has 1 aromatic heterocycles. The largest absolute Gasteiger partial charge is 0.389 e. The molecule has 0 spiro atoms. The number of nitrogen functional groups attached to an aromatic ring is 1. The summed E-state index contributed by atoms with van der Waals surface area (Å²) in [5.41, 5.74) is 6.60. The van der Waals surface area contributed by atoms with Gasteiger partial charge in [-0.3, -0.25) is 4.79 Å². The van der Waals surface area contributed by atoms with Gasteiger partial charge < -0.3 is 15.9 Å². The molecule has 5 nitrogen and oxygen atoms in total. The summed E-state index contributed by atoms with van der Waals surface area (Å²) in [5, 5.41) is 19.6. The predicted molar refractivity (Wildman–Crippen MR) is 67.5 cm³/mol. The van der Waals surface area contributed by atoms with Crippen LogP contribution in [0.1, 0.15) is 24.3 Å². The van der Waals surface area contributed by atoms with Crippen LogP contribution in [0.3, 0.4) is 0 Å². The number of nitrogens with zero attached hydrogens (tertiary/aromatic N) is 1. The fourth-order valence-electron chi connectivity index (χ4n) is 1.40. The highest BCUT2D eigenvalue weighted by Crippen LogP contribution is 2.22. The number of aliphatic hydroxyl groups is 2. The van der Waals surface area contributed by atoms with Crippen LogP contribution in [0.2, 0.25) is 0 Å². The van der Waals surface area contributed by atoms with Crippen molar-refractivity contribution in [1.29, 1.82) is 0 Å². The van der Waals surface area contributed by atoms with Gasteiger partial charge >= 0.3 is 0 Å². The van der Waals surface area contributed by atoms with E-state index in [1.165, 1.54) is 6.92 Å². The number of aryl methyl sites for hydroxylation is 1. The van der Waals surface area contributed by atoms with Crippen LogP contribution >= 0.6 is 11.8 Å². The number of thioether (sulfide) groups is 1. The molecule has 0 aromatic carbocycles. The Kier molecular flexibility index (Phi) is 4.92. The van der Waals surface area contributed by atoms with Crippen molar-refractivity contribution in [2.24, 2.45) is 0 Å². The molecule has 0 saturated carbocycles. The first-order chi connectivity index (χ1) is 7.91. The Hall–Kier alpha value is -1.11. The van der Waals surface area contributed by atoms with Gasteiger partial charge in [-0.1, -0.05) is 17.8 Å². The standard InChI is InChI=1S/C11H16N2O3S/c1-6-8(3-4-10(12)13-6)11(16)9(15)5-17-7(2)14/h3-4,9,11,15-16H,5H2,1-2H3,(H2,12,13). The van der Waals surface area contributed by atoms with Gasteiger partial charge in [-0.2, -0.15) is 0 Å². The van der Waals surface area contributed by atoms with Crippen molar-refractivity contribution in [3.8, 4) is 0 Å². The van der Waals surface area contributed by atoms with Crippen molar-refractivity contribution in [3.63, 3.8) is 0 Å². The van der Waals surface area contributed by atoms with E-state index in [-0.39, 0.29) is 10.9 Å². The minimum atomic E-state index is -1.06. The highest BCUT2D eigenvalue weighted by Gasteiger charge is 2.21. The molecule has 4 N–H and O–H groups in total. The van der Waals surface area contributed by atoms with Crippen LogP contribution < -0.4 is 5.73 Å². The second-order valence-corrected chi connectivity index (χ2v) is 4.92. The van der Waals surface area contributed by atoms with Crippen LogP contribution in [0.25, 0.3) is 0 Å². The monoisotopic (exact) mass is 256 g/mol. The number of anilines is 1. The van der Waals surface area contributed by atoms with E-state index in [1.54, 1.807) is 19.1 Å². The molecule has 0 aliphatic heterocycles. The summed E-state index contributed by atoms with van der Waals surface area (Å²) in [5.74, 6) is 0.520. The lowest BCUT2D eigenvalue weighted by molar-refractivity contribution is -0.109. The molecule has 2 unspecified atom stereocenters. The number of rotatable bonds is 4. The van der Waals surface area contributed by atoms with Crippen LogP contribution in [0.4, 0.5) is 5.82 Å². The number of hydrogen-bond donors (Lipinski definition) is 3. The number of aliphatic hydroxyl groups excluding tert-OH is 2. The quantitative estimate of drug-likeness (QED) is 0.732. The van der Waals surface area contributed by atoms with Crippen molar-refractivity contribution in [3.05, 3.63) is 23.4 Å². The Bertz CT molecular complexity index is 412. The zero-order valence-electron chi connectivity index (χ0n) is 9.75. The maximum atomic E-state index is 10.8. The lowest BCUT2D eigenvalue weighted by Gasteiger charge is -2.18. The third-order valence-electron chi connectivity index (χ3n) is 2.29. The average molecular weight is 256 g/mol. The first-order valence-corrected chi connectivity index (χ1v) is 6.13. The van der Waals surface area contributed by atoms with Crippen LogP contribution in [0, 0.1) is 6.92 Å². The Morgan fingerprint density at radius 3 is 2.71 bits per heavy atom. The minimum absolute atomic E-state index is 0.0941. The Morgan fingerprint density at radius 2 is 2.18 bits per heavy atom. The van der Waals surface area contributed by atoms with E-state index in [4.69, 9.17) is 5.73 Å².